The first-order chi connectivity index (χ1) is 22.6. The Morgan fingerprint density at radius 2 is 1.19 bits per heavy atom. The summed E-state index contributed by atoms with van der Waals surface area (Å²) in [6, 6.07) is -0.725. The Morgan fingerprint density at radius 1 is 0.660 bits per heavy atom. The molecule has 0 N–H and O–H groups in total. The summed E-state index contributed by atoms with van der Waals surface area (Å²) in [5.41, 5.74) is 0. The number of allylic oxidation sites excluding steroid dienone is 6. The van der Waals surface area contributed by atoms with E-state index < -0.39 is 18.1 Å². The molecule has 0 amide bonds. The zero-order chi connectivity index (χ0) is 35.0. The molecule has 47 heavy (non-hydrogen) atoms. The van der Waals surface area contributed by atoms with E-state index in [2.05, 4.69) is 38.2 Å². The molecule has 0 aliphatic rings. The Bertz CT molecular complexity index is 875. The van der Waals surface area contributed by atoms with Gasteiger partial charge < -0.3 is 28.6 Å². The summed E-state index contributed by atoms with van der Waals surface area (Å²) in [4.78, 5) is 36.6. The number of carbonyl (C=O) groups excluding carboxylic acids is 3. The Balaban J connectivity index is 4.46. The summed E-state index contributed by atoms with van der Waals surface area (Å²) in [7, 11) is 5.38. The number of unbranched alkanes of at least 4 members (excludes halogenated alkanes) is 14. The van der Waals surface area contributed by atoms with Gasteiger partial charge in [0, 0.05) is 19.3 Å². The van der Waals surface area contributed by atoms with E-state index in [1.807, 2.05) is 12.2 Å². The number of quaternary nitrogens is 1. The topological polar surface area (TPSA) is 102 Å². The molecule has 0 rings (SSSR count). The van der Waals surface area contributed by atoms with Gasteiger partial charge in [-0.2, -0.15) is 0 Å². The quantitative estimate of drug-likeness (QED) is 0.0313. The number of carboxylic acid groups (broad SMARTS) is 1. The number of aliphatic carboxylic acids is 1. The van der Waals surface area contributed by atoms with Gasteiger partial charge in [-0.15, -0.1) is 0 Å². The average molecular weight is 664 g/mol. The average Bonchev–Trinajstić information content (AvgIpc) is 3.01. The molecule has 0 heterocycles. The lowest BCUT2D eigenvalue weighted by Crippen LogP contribution is -2.55. The lowest BCUT2D eigenvalue weighted by Gasteiger charge is -2.34. The third-order valence-corrected chi connectivity index (χ3v) is 8.10. The number of rotatable bonds is 32. The maximum absolute atomic E-state index is 12.6. The van der Waals surface area contributed by atoms with Gasteiger partial charge in [0.05, 0.1) is 40.3 Å². The molecule has 0 radical (unpaired) electrons. The Hall–Kier alpha value is -2.45. The van der Waals surface area contributed by atoms with Gasteiger partial charge in [-0.05, 0) is 32.1 Å². The molecule has 0 aromatic rings. The normalized spacial score (nSPS) is 13.5. The third kappa shape index (κ3) is 29.4. The molecule has 8 nitrogen and oxygen atoms in total. The van der Waals surface area contributed by atoms with Crippen LogP contribution in [0.2, 0.25) is 0 Å². The summed E-state index contributed by atoms with van der Waals surface area (Å²) < 4.78 is 17.0. The third-order valence-electron chi connectivity index (χ3n) is 8.10. The molecule has 0 spiro atoms. The molecule has 8 heteroatoms. The first-order valence-electron chi connectivity index (χ1n) is 18.5. The summed E-state index contributed by atoms with van der Waals surface area (Å²) in [5.74, 6) is -1.77. The molecule has 2 atom stereocenters. The van der Waals surface area contributed by atoms with Crippen molar-refractivity contribution in [3.05, 3.63) is 36.5 Å². The molecule has 0 aliphatic heterocycles. The van der Waals surface area contributed by atoms with Gasteiger partial charge >= 0.3 is 11.9 Å². The number of ether oxygens (including phenoxy) is 3. The fraction of sp³-hybridized carbons (Fsp3) is 0.769. The molecule has 272 valence electrons. The fourth-order valence-electron chi connectivity index (χ4n) is 5.19. The molecule has 0 saturated heterocycles. The zero-order valence-corrected chi connectivity index (χ0v) is 30.7. The number of carboxylic acids is 1. The van der Waals surface area contributed by atoms with Gasteiger partial charge in [0.15, 0.2) is 6.10 Å². The number of likely N-dealkylation sites (N-methyl/N-ethyl adjacent to an activating group) is 1. The van der Waals surface area contributed by atoms with Crippen molar-refractivity contribution >= 4 is 17.9 Å². The molecule has 2 unspecified atom stereocenters. The van der Waals surface area contributed by atoms with Crippen molar-refractivity contribution < 1.29 is 38.2 Å². The molecule has 0 aliphatic carbocycles. The molecular formula is C39H69NO7. The van der Waals surface area contributed by atoms with Crippen molar-refractivity contribution in [1.29, 1.82) is 0 Å². The van der Waals surface area contributed by atoms with Crippen molar-refractivity contribution in [2.45, 2.75) is 154 Å². The molecule has 0 aromatic carbocycles. The SMILES string of the molecule is CC/C=C/C=C/C=C/CCCCCCCC(=O)OCC(COCCC(C(=O)[O-])[N+](C)(C)C)OC(=O)CCCCCCCCCCCC. The van der Waals surface area contributed by atoms with Crippen molar-refractivity contribution in [2.75, 3.05) is 41.0 Å². The van der Waals surface area contributed by atoms with Gasteiger partial charge in [-0.3, -0.25) is 9.59 Å². The Labute approximate surface area is 287 Å². The van der Waals surface area contributed by atoms with Crippen LogP contribution in [-0.2, 0) is 28.6 Å². The monoisotopic (exact) mass is 664 g/mol. The Kier molecular flexibility index (Phi) is 29.2. The van der Waals surface area contributed by atoms with E-state index >= 15 is 0 Å². The van der Waals surface area contributed by atoms with Gasteiger partial charge in [0.2, 0.25) is 0 Å². The summed E-state index contributed by atoms with van der Waals surface area (Å²) in [6.45, 7) is 4.47. The van der Waals surface area contributed by atoms with Crippen LogP contribution in [0.5, 0.6) is 0 Å². The lowest BCUT2D eigenvalue weighted by molar-refractivity contribution is -0.889. The number of nitrogens with zero attached hydrogens (tertiary/aromatic N) is 1. The number of hydrogen-bond donors (Lipinski definition) is 0. The van der Waals surface area contributed by atoms with E-state index in [0.717, 1.165) is 64.2 Å². The van der Waals surface area contributed by atoms with Crippen molar-refractivity contribution in [2.24, 2.45) is 0 Å². The molecule has 0 saturated carbocycles. The van der Waals surface area contributed by atoms with E-state index in [1.54, 1.807) is 21.1 Å². The highest BCUT2D eigenvalue weighted by Crippen LogP contribution is 2.13. The van der Waals surface area contributed by atoms with Crippen LogP contribution in [-0.4, -0.2) is 75.5 Å². The first-order valence-corrected chi connectivity index (χ1v) is 18.5. The van der Waals surface area contributed by atoms with E-state index in [0.29, 0.717) is 12.8 Å². The summed E-state index contributed by atoms with van der Waals surface area (Å²) >= 11 is 0. The van der Waals surface area contributed by atoms with Crippen LogP contribution in [0.1, 0.15) is 142 Å². The maximum Gasteiger partial charge on any atom is 0.306 e. The summed E-state index contributed by atoms with van der Waals surface area (Å²) in [6.07, 6.45) is 31.7. The van der Waals surface area contributed by atoms with Crippen LogP contribution in [0.15, 0.2) is 36.5 Å². The van der Waals surface area contributed by atoms with Gasteiger partial charge in [-0.25, -0.2) is 0 Å². The minimum atomic E-state index is -1.13. The highest BCUT2D eigenvalue weighted by atomic mass is 16.6. The highest BCUT2D eigenvalue weighted by molar-refractivity contribution is 5.70. The van der Waals surface area contributed by atoms with Gasteiger partial charge in [0.25, 0.3) is 0 Å². The van der Waals surface area contributed by atoms with Crippen LogP contribution in [0, 0.1) is 0 Å². The van der Waals surface area contributed by atoms with E-state index in [9.17, 15) is 19.5 Å². The van der Waals surface area contributed by atoms with Crippen molar-refractivity contribution in [3.8, 4) is 0 Å². The maximum atomic E-state index is 12.6. The zero-order valence-electron chi connectivity index (χ0n) is 30.7. The minimum absolute atomic E-state index is 0.0354. The van der Waals surface area contributed by atoms with E-state index in [-0.39, 0.29) is 42.7 Å². The van der Waals surface area contributed by atoms with Crippen molar-refractivity contribution in [1.82, 2.24) is 0 Å². The first kappa shape index (κ1) is 44.5. The van der Waals surface area contributed by atoms with Crippen LogP contribution in [0.4, 0.5) is 0 Å². The van der Waals surface area contributed by atoms with Crippen LogP contribution in [0.25, 0.3) is 0 Å². The second kappa shape index (κ2) is 30.9. The molecule has 0 fully saturated rings. The highest BCUT2D eigenvalue weighted by Gasteiger charge is 2.25. The largest absolute Gasteiger partial charge is 0.544 e. The van der Waals surface area contributed by atoms with Crippen LogP contribution < -0.4 is 5.11 Å². The summed E-state index contributed by atoms with van der Waals surface area (Å²) in [5, 5.41) is 11.6. The van der Waals surface area contributed by atoms with Crippen molar-refractivity contribution in [3.63, 3.8) is 0 Å². The van der Waals surface area contributed by atoms with Crippen LogP contribution >= 0.6 is 0 Å². The molecular weight excluding hydrogens is 594 g/mol. The van der Waals surface area contributed by atoms with Gasteiger partial charge in [0.1, 0.15) is 12.6 Å². The number of carbonyl (C=O) groups is 3. The number of esters is 2. The van der Waals surface area contributed by atoms with Crippen LogP contribution in [0.3, 0.4) is 0 Å². The molecule has 0 bridgehead atoms. The van der Waals surface area contributed by atoms with Gasteiger partial charge in [-0.1, -0.05) is 127 Å². The fourth-order valence-corrected chi connectivity index (χ4v) is 5.19. The standard InChI is InChI=1S/C39H69NO7/c1-6-8-10-12-14-16-18-19-20-22-23-25-27-29-37(41)46-34-35(33-45-32-31-36(39(43)44)40(3,4)5)47-38(42)30-28-26-24-21-17-15-13-11-9-7-2/h8,10,12,14,16,18,35-36H,6-7,9,11,13,15,17,19-34H2,1-5H3/b10-8+,14-12+,18-16+. The predicted octanol–water partition coefficient (Wildman–Crippen LogP) is 7.79. The second-order valence-corrected chi connectivity index (χ2v) is 13.5. The lowest BCUT2D eigenvalue weighted by atomic mass is 10.1. The minimum Gasteiger partial charge on any atom is -0.544 e. The predicted molar refractivity (Wildman–Crippen MR) is 190 cm³/mol. The number of hydrogen-bond acceptors (Lipinski definition) is 7. The smallest absolute Gasteiger partial charge is 0.306 e. The van der Waals surface area contributed by atoms with E-state index in [1.165, 1.54) is 44.9 Å². The second-order valence-electron chi connectivity index (χ2n) is 13.5. The Morgan fingerprint density at radius 3 is 1.74 bits per heavy atom. The van der Waals surface area contributed by atoms with E-state index in [4.69, 9.17) is 14.2 Å². The molecule has 0 aromatic heterocycles.